The summed E-state index contributed by atoms with van der Waals surface area (Å²) in [6, 6.07) is 2.10. The summed E-state index contributed by atoms with van der Waals surface area (Å²) in [6.45, 7) is 1.73. The van der Waals surface area contributed by atoms with E-state index in [0.29, 0.717) is 12.6 Å². The van der Waals surface area contributed by atoms with Gasteiger partial charge in [-0.1, -0.05) is 23.8 Å². The largest absolute Gasteiger partial charge is 0.477 e. The highest BCUT2D eigenvalue weighted by molar-refractivity contribution is 8.00. The summed E-state index contributed by atoms with van der Waals surface area (Å²) in [5, 5.41) is 12.2. The molecule has 0 saturated carbocycles. The van der Waals surface area contributed by atoms with Gasteiger partial charge in [0, 0.05) is 6.20 Å². The van der Waals surface area contributed by atoms with Crippen LogP contribution < -0.4 is 0 Å². The molecule has 0 spiro atoms. The van der Waals surface area contributed by atoms with E-state index in [1.807, 2.05) is 0 Å². The van der Waals surface area contributed by atoms with E-state index in [0.717, 1.165) is 17.8 Å². The number of halogens is 3. The van der Waals surface area contributed by atoms with E-state index < -0.39 is 23.0 Å². The average Bonchev–Trinajstić information content (AvgIpc) is 2.42. The van der Waals surface area contributed by atoms with Gasteiger partial charge in [-0.3, -0.25) is 0 Å². The summed E-state index contributed by atoms with van der Waals surface area (Å²) in [6.07, 6.45) is -3.34. The maximum Gasteiger partial charge on any atom is 0.417 e. The first-order chi connectivity index (χ1) is 9.79. The van der Waals surface area contributed by atoms with Crippen LogP contribution in [0.15, 0.2) is 28.5 Å². The third-order valence-corrected chi connectivity index (χ3v) is 3.74. The number of nitrogens with zero attached hydrogens (tertiary/aromatic N) is 2. The zero-order valence-corrected chi connectivity index (χ0v) is 12.0. The van der Waals surface area contributed by atoms with E-state index in [1.54, 1.807) is 6.92 Å². The van der Waals surface area contributed by atoms with E-state index >= 15 is 0 Å². The van der Waals surface area contributed by atoms with Gasteiger partial charge in [0.05, 0.1) is 15.8 Å². The first-order valence-corrected chi connectivity index (χ1v) is 6.71. The van der Waals surface area contributed by atoms with Crippen LogP contribution in [-0.2, 0) is 15.8 Å². The number of hydrogen-bond donors (Lipinski definition) is 1. The van der Waals surface area contributed by atoms with Crippen LogP contribution in [0.25, 0.3) is 0 Å². The van der Waals surface area contributed by atoms with Crippen molar-refractivity contribution in [3.05, 3.63) is 23.9 Å². The predicted molar refractivity (Wildman–Crippen MR) is 71.3 cm³/mol. The van der Waals surface area contributed by atoms with Crippen molar-refractivity contribution in [3.63, 3.8) is 0 Å². The summed E-state index contributed by atoms with van der Waals surface area (Å²) >= 11 is 1.01. The zero-order valence-electron chi connectivity index (χ0n) is 11.2. The van der Waals surface area contributed by atoms with Crippen LogP contribution in [0.2, 0.25) is 0 Å². The fourth-order valence-electron chi connectivity index (χ4n) is 1.43. The number of carboxylic acids is 1. The number of aliphatic carboxylic acids is 1. The molecule has 0 aromatic carbocycles. The SMILES string of the molecule is CCC(Sc1ccc(C(F)(F)F)cn1)C(=NOC)C(=O)O. The second-order valence-corrected chi connectivity index (χ2v) is 5.08. The van der Waals surface area contributed by atoms with Gasteiger partial charge in [-0.2, -0.15) is 13.2 Å². The van der Waals surface area contributed by atoms with Crippen molar-refractivity contribution >= 4 is 23.4 Å². The van der Waals surface area contributed by atoms with Crippen molar-refractivity contribution < 1.29 is 27.9 Å². The van der Waals surface area contributed by atoms with Crippen LogP contribution >= 0.6 is 11.8 Å². The summed E-state index contributed by atoms with van der Waals surface area (Å²) in [5.41, 5.74) is -1.07. The van der Waals surface area contributed by atoms with Crippen LogP contribution in [0.3, 0.4) is 0 Å². The lowest BCUT2D eigenvalue weighted by atomic mass is 10.2. The topological polar surface area (TPSA) is 71.8 Å². The van der Waals surface area contributed by atoms with Gasteiger partial charge >= 0.3 is 12.1 Å². The molecule has 1 heterocycles. The Balaban J connectivity index is 2.92. The number of hydrogen-bond acceptors (Lipinski definition) is 5. The molecule has 0 saturated heterocycles. The molecule has 0 fully saturated rings. The minimum Gasteiger partial charge on any atom is -0.477 e. The van der Waals surface area contributed by atoms with E-state index in [4.69, 9.17) is 5.11 Å². The summed E-state index contributed by atoms with van der Waals surface area (Å²) in [4.78, 5) is 19.2. The third kappa shape index (κ3) is 4.92. The molecule has 1 N–H and O–H groups in total. The van der Waals surface area contributed by atoms with Crippen LogP contribution in [0, 0.1) is 0 Å². The molecule has 0 amide bonds. The Morgan fingerprint density at radius 3 is 2.57 bits per heavy atom. The average molecular weight is 322 g/mol. The van der Waals surface area contributed by atoms with Crippen molar-refractivity contribution in [1.29, 1.82) is 0 Å². The van der Waals surface area contributed by atoms with E-state index in [-0.39, 0.29) is 10.7 Å². The summed E-state index contributed by atoms with van der Waals surface area (Å²) in [5.74, 6) is -1.25. The van der Waals surface area contributed by atoms with Gasteiger partial charge in [0.15, 0.2) is 5.71 Å². The highest BCUT2D eigenvalue weighted by atomic mass is 32.2. The Morgan fingerprint density at radius 1 is 1.52 bits per heavy atom. The van der Waals surface area contributed by atoms with Crippen molar-refractivity contribution in [2.75, 3.05) is 7.11 Å². The lowest BCUT2D eigenvalue weighted by Crippen LogP contribution is -2.26. The van der Waals surface area contributed by atoms with Gasteiger partial charge in [-0.15, -0.1) is 0 Å². The number of aromatic nitrogens is 1. The molecule has 21 heavy (non-hydrogen) atoms. The third-order valence-electron chi connectivity index (χ3n) is 2.41. The number of pyridine rings is 1. The van der Waals surface area contributed by atoms with Crippen molar-refractivity contribution in [2.24, 2.45) is 5.16 Å². The highest BCUT2D eigenvalue weighted by Crippen LogP contribution is 2.31. The highest BCUT2D eigenvalue weighted by Gasteiger charge is 2.31. The number of thioether (sulfide) groups is 1. The fraction of sp³-hybridized carbons (Fsp3) is 0.417. The van der Waals surface area contributed by atoms with Gasteiger partial charge < -0.3 is 9.94 Å². The summed E-state index contributed by atoms with van der Waals surface area (Å²) < 4.78 is 37.3. The predicted octanol–water partition coefficient (Wildman–Crippen LogP) is 3.06. The van der Waals surface area contributed by atoms with Crippen molar-refractivity contribution in [2.45, 2.75) is 29.8 Å². The minimum absolute atomic E-state index is 0.216. The van der Waals surface area contributed by atoms with Gasteiger partial charge in [0.25, 0.3) is 0 Å². The molecule has 1 atom stereocenters. The molecule has 0 bridgehead atoms. The Labute approximate surface area is 123 Å². The Bertz CT molecular complexity index is 517. The first kappa shape index (κ1) is 17.3. The number of oxime groups is 1. The second kappa shape index (κ2) is 7.30. The lowest BCUT2D eigenvalue weighted by molar-refractivity contribution is -0.138. The Kier molecular flexibility index (Phi) is 6.01. The van der Waals surface area contributed by atoms with Crippen molar-refractivity contribution in [1.82, 2.24) is 4.98 Å². The molecule has 0 aliphatic heterocycles. The number of rotatable bonds is 6. The first-order valence-electron chi connectivity index (χ1n) is 5.83. The molecule has 1 aromatic heterocycles. The second-order valence-electron chi connectivity index (χ2n) is 3.86. The van der Waals surface area contributed by atoms with Gasteiger partial charge in [-0.25, -0.2) is 9.78 Å². The summed E-state index contributed by atoms with van der Waals surface area (Å²) in [7, 11) is 1.22. The lowest BCUT2D eigenvalue weighted by Gasteiger charge is -2.13. The molecule has 5 nitrogen and oxygen atoms in total. The molecule has 9 heteroatoms. The maximum absolute atomic E-state index is 12.4. The molecular formula is C12H13F3N2O3S. The standard InChI is InChI=1S/C12H13F3N2O3S/c1-3-8(10(11(18)19)17-20-2)21-9-5-4-7(6-16-9)12(13,14)15/h4-6,8H,3H2,1-2H3,(H,18,19). The van der Waals surface area contributed by atoms with Crippen LogP contribution in [-0.4, -0.2) is 34.1 Å². The number of alkyl halides is 3. The smallest absolute Gasteiger partial charge is 0.417 e. The van der Waals surface area contributed by atoms with Gasteiger partial charge in [0.2, 0.25) is 0 Å². The van der Waals surface area contributed by atoms with Gasteiger partial charge in [0.1, 0.15) is 7.11 Å². The van der Waals surface area contributed by atoms with E-state index in [1.165, 1.54) is 13.2 Å². The van der Waals surface area contributed by atoms with E-state index in [2.05, 4.69) is 15.0 Å². The molecule has 1 rings (SSSR count). The molecule has 0 aliphatic carbocycles. The van der Waals surface area contributed by atoms with Crippen LogP contribution in [0.4, 0.5) is 13.2 Å². The molecule has 1 unspecified atom stereocenters. The molecular weight excluding hydrogens is 309 g/mol. The van der Waals surface area contributed by atoms with E-state index in [9.17, 15) is 18.0 Å². The van der Waals surface area contributed by atoms with Crippen LogP contribution in [0.1, 0.15) is 18.9 Å². The minimum atomic E-state index is -4.45. The molecule has 1 aromatic rings. The Hall–Kier alpha value is -1.77. The number of carboxylic acid groups (broad SMARTS) is 1. The van der Waals surface area contributed by atoms with Gasteiger partial charge in [-0.05, 0) is 18.6 Å². The molecule has 0 aliphatic rings. The maximum atomic E-state index is 12.4. The monoisotopic (exact) mass is 322 g/mol. The van der Waals surface area contributed by atoms with Crippen molar-refractivity contribution in [3.8, 4) is 0 Å². The zero-order chi connectivity index (χ0) is 16.0. The van der Waals surface area contributed by atoms with Crippen LogP contribution in [0.5, 0.6) is 0 Å². The molecule has 0 radical (unpaired) electrons. The number of carbonyl (C=O) groups is 1. The Morgan fingerprint density at radius 2 is 2.19 bits per heavy atom. The molecule has 116 valence electrons. The quantitative estimate of drug-likeness (QED) is 0.495. The fourth-order valence-corrected chi connectivity index (χ4v) is 2.40. The normalized spacial score (nSPS) is 13.9.